The molecular formula is C13H13NO2. The molecule has 0 aliphatic heterocycles. The molecule has 16 heavy (non-hydrogen) atoms. The Morgan fingerprint density at radius 3 is 2.44 bits per heavy atom. The predicted molar refractivity (Wildman–Crippen MR) is 63.0 cm³/mol. The quantitative estimate of drug-likeness (QED) is 0.686. The summed E-state index contributed by atoms with van der Waals surface area (Å²) in [6.45, 7) is 4.95. The molecule has 0 fully saturated rings. The maximum Gasteiger partial charge on any atom is 0.227 e. The molecular weight excluding hydrogens is 202 g/mol. The van der Waals surface area contributed by atoms with Crippen molar-refractivity contribution in [3.8, 4) is 0 Å². The number of Topliss-reactive ketones (excluding diaryl/α,β-unsaturated/α-hetero) is 1. The standard InChI is InChI=1S/C13H13NO2/c1-8-6-11-4-5-14(10(3)16)13(11)7-12(8)9(2)15/h4-7H,1-3H3. The number of aromatic nitrogens is 1. The lowest BCUT2D eigenvalue weighted by Crippen LogP contribution is -2.04. The van der Waals surface area contributed by atoms with E-state index >= 15 is 0 Å². The van der Waals surface area contributed by atoms with Gasteiger partial charge in [-0.1, -0.05) is 0 Å². The second-order valence-electron chi connectivity index (χ2n) is 3.99. The Labute approximate surface area is 93.7 Å². The van der Waals surface area contributed by atoms with Gasteiger partial charge in [0.15, 0.2) is 5.78 Å². The summed E-state index contributed by atoms with van der Waals surface area (Å²) in [4.78, 5) is 22.8. The van der Waals surface area contributed by atoms with Crippen molar-refractivity contribution in [1.82, 2.24) is 4.57 Å². The van der Waals surface area contributed by atoms with Gasteiger partial charge in [0.25, 0.3) is 0 Å². The van der Waals surface area contributed by atoms with Crippen molar-refractivity contribution in [3.63, 3.8) is 0 Å². The van der Waals surface area contributed by atoms with Gasteiger partial charge in [-0.15, -0.1) is 0 Å². The highest BCUT2D eigenvalue weighted by Gasteiger charge is 2.10. The second kappa shape index (κ2) is 3.59. The fraction of sp³-hybridized carbons (Fsp3) is 0.231. The summed E-state index contributed by atoms with van der Waals surface area (Å²) in [6.07, 6.45) is 1.73. The van der Waals surface area contributed by atoms with Crippen molar-refractivity contribution >= 4 is 22.6 Å². The number of benzene rings is 1. The van der Waals surface area contributed by atoms with Gasteiger partial charge in [0.1, 0.15) is 0 Å². The van der Waals surface area contributed by atoms with Crippen molar-refractivity contribution in [2.75, 3.05) is 0 Å². The average Bonchev–Trinajstić information content (AvgIpc) is 2.58. The van der Waals surface area contributed by atoms with Crippen LogP contribution in [-0.4, -0.2) is 16.3 Å². The number of hydrogen-bond acceptors (Lipinski definition) is 2. The Balaban J connectivity index is 2.79. The molecule has 0 saturated carbocycles. The molecule has 1 aromatic heterocycles. The predicted octanol–water partition coefficient (Wildman–Crippen LogP) is 2.81. The number of carbonyl (C=O) groups excluding carboxylic acids is 2. The SMILES string of the molecule is CC(=O)c1cc2c(ccn2C(C)=O)cc1C. The zero-order valence-corrected chi connectivity index (χ0v) is 9.57. The molecule has 0 spiro atoms. The van der Waals surface area contributed by atoms with Crippen LogP contribution in [0.25, 0.3) is 10.9 Å². The number of carbonyl (C=O) groups is 2. The van der Waals surface area contributed by atoms with Crippen LogP contribution in [0.5, 0.6) is 0 Å². The van der Waals surface area contributed by atoms with E-state index in [1.807, 2.05) is 19.1 Å². The third kappa shape index (κ3) is 1.54. The molecule has 0 bridgehead atoms. The summed E-state index contributed by atoms with van der Waals surface area (Å²) < 4.78 is 1.56. The van der Waals surface area contributed by atoms with Crippen LogP contribution in [0, 0.1) is 6.92 Å². The van der Waals surface area contributed by atoms with Crippen LogP contribution >= 0.6 is 0 Å². The van der Waals surface area contributed by atoms with Gasteiger partial charge in [-0.2, -0.15) is 0 Å². The maximum atomic E-state index is 11.4. The van der Waals surface area contributed by atoms with Gasteiger partial charge in [0.05, 0.1) is 5.52 Å². The molecule has 1 aromatic carbocycles. The van der Waals surface area contributed by atoms with E-state index in [-0.39, 0.29) is 11.7 Å². The number of rotatable bonds is 1. The topological polar surface area (TPSA) is 39.1 Å². The van der Waals surface area contributed by atoms with E-state index in [0.29, 0.717) is 5.56 Å². The highest BCUT2D eigenvalue weighted by atomic mass is 16.1. The monoisotopic (exact) mass is 215 g/mol. The molecule has 0 aliphatic carbocycles. The van der Waals surface area contributed by atoms with Gasteiger partial charge in [0, 0.05) is 24.1 Å². The van der Waals surface area contributed by atoms with E-state index in [0.717, 1.165) is 16.5 Å². The zero-order valence-electron chi connectivity index (χ0n) is 9.57. The Hall–Kier alpha value is -1.90. The Kier molecular flexibility index (Phi) is 2.38. The smallest absolute Gasteiger partial charge is 0.227 e. The largest absolute Gasteiger partial charge is 0.294 e. The molecule has 0 N–H and O–H groups in total. The number of nitrogens with zero attached hydrogens (tertiary/aromatic N) is 1. The first-order valence-electron chi connectivity index (χ1n) is 5.14. The van der Waals surface area contributed by atoms with Gasteiger partial charge >= 0.3 is 0 Å². The van der Waals surface area contributed by atoms with E-state index in [1.54, 1.807) is 16.8 Å². The molecule has 0 unspecified atom stereocenters. The maximum absolute atomic E-state index is 11.4. The zero-order chi connectivity index (χ0) is 11.9. The first kappa shape index (κ1) is 10.6. The number of aryl methyl sites for hydroxylation is 1. The van der Waals surface area contributed by atoms with E-state index in [9.17, 15) is 9.59 Å². The van der Waals surface area contributed by atoms with Crippen LogP contribution in [0.2, 0.25) is 0 Å². The highest BCUT2D eigenvalue weighted by molar-refractivity contribution is 6.01. The van der Waals surface area contributed by atoms with E-state index in [1.165, 1.54) is 13.8 Å². The molecule has 3 heteroatoms. The molecule has 82 valence electrons. The van der Waals surface area contributed by atoms with Crippen molar-refractivity contribution < 1.29 is 9.59 Å². The fourth-order valence-corrected chi connectivity index (χ4v) is 1.95. The molecule has 0 atom stereocenters. The summed E-state index contributed by atoms with van der Waals surface area (Å²) in [5, 5.41) is 0.984. The molecule has 1 heterocycles. The summed E-state index contributed by atoms with van der Waals surface area (Å²) in [6, 6.07) is 5.60. The fourth-order valence-electron chi connectivity index (χ4n) is 1.95. The van der Waals surface area contributed by atoms with Gasteiger partial charge in [-0.05, 0) is 37.6 Å². The minimum absolute atomic E-state index is 0.0238. The van der Waals surface area contributed by atoms with Gasteiger partial charge < -0.3 is 0 Å². The van der Waals surface area contributed by atoms with Gasteiger partial charge in [0.2, 0.25) is 5.91 Å². The van der Waals surface area contributed by atoms with Crippen LogP contribution < -0.4 is 0 Å². The molecule has 0 radical (unpaired) electrons. The molecule has 3 nitrogen and oxygen atoms in total. The minimum atomic E-state index is -0.0478. The lowest BCUT2D eigenvalue weighted by atomic mass is 10.0. The van der Waals surface area contributed by atoms with Crippen LogP contribution in [-0.2, 0) is 0 Å². The van der Waals surface area contributed by atoms with Crippen LogP contribution in [0.4, 0.5) is 0 Å². The summed E-state index contributed by atoms with van der Waals surface area (Å²) in [5.41, 5.74) is 2.42. The van der Waals surface area contributed by atoms with E-state index in [4.69, 9.17) is 0 Å². The van der Waals surface area contributed by atoms with Gasteiger partial charge in [-0.25, -0.2) is 0 Å². The van der Waals surface area contributed by atoms with Crippen molar-refractivity contribution in [2.45, 2.75) is 20.8 Å². The molecule has 2 aromatic rings. The van der Waals surface area contributed by atoms with Crippen LogP contribution in [0.3, 0.4) is 0 Å². The normalized spacial score (nSPS) is 10.7. The number of hydrogen-bond donors (Lipinski definition) is 0. The van der Waals surface area contributed by atoms with Crippen LogP contribution in [0.1, 0.15) is 34.6 Å². The summed E-state index contributed by atoms with van der Waals surface area (Å²) >= 11 is 0. The first-order valence-corrected chi connectivity index (χ1v) is 5.14. The number of ketones is 1. The van der Waals surface area contributed by atoms with Crippen molar-refractivity contribution in [2.24, 2.45) is 0 Å². The third-order valence-corrected chi connectivity index (χ3v) is 2.75. The highest BCUT2D eigenvalue weighted by Crippen LogP contribution is 2.21. The van der Waals surface area contributed by atoms with E-state index < -0.39 is 0 Å². The first-order chi connectivity index (χ1) is 7.50. The molecule has 0 aliphatic rings. The van der Waals surface area contributed by atoms with Crippen molar-refractivity contribution in [1.29, 1.82) is 0 Å². The molecule has 0 saturated heterocycles. The summed E-state index contributed by atoms with van der Waals surface area (Å²) in [5.74, 6) is -0.0240. The third-order valence-electron chi connectivity index (χ3n) is 2.75. The second-order valence-corrected chi connectivity index (χ2v) is 3.99. The molecule has 0 amide bonds. The lowest BCUT2D eigenvalue weighted by molar-refractivity contribution is 0.0940. The van der Waals surface area contributed by atoms with Crippen LogP contribution in [0.15, 0.2) is 24.4 Å². The average molecular weight is 215 g/mol. The lowest BCUT2D eigenvalue weighted by Gasteiger charge is -2.04. The van der Waals surface area contributed by atoms with Crippen molar-refractivity contribution in [3.05, 3.63) is 35.5 Å². The Morgan fingerprint density at radius 1 is 1.19 bits per heavy atom. The summed E-state index contributed by atoms with van der Waals surface area (Å²) in [7, 11) is 0. The van der Waals surface area contributed by atoms with E-state index in [2.05, 4.69) is 0 Å². The molecule has 2 rings (SSSR count). The number of fused-ring (bicyclic) bond motifs is 1. The Bertz CT molecular complexity index is 593. The Morgan fingerprint density at radius 2 is 1.88 bits per heavy atom. The minimum Gasteiger partial charge on any atom is -0.294 e. The van der Waals surface area contributed by atoms with Gasteiger partial charge in [-0.3, -0.25) is 14.2 Å².